The highest BCUT2D eigenvalue weighted by Crippen LogP contribution is 2.30. The Hall–Kier alpha value is -1.07. The largest absolute Gasteiger partial charge is 0.506 e. The summed E-state index contributed by atoms with van der Waals surface area (Å²) in [5, 5.41) is 9.87. The van der Waals surface area contributed by atoms with Crippen molar-refractivity contribution in [2.75, 3.05) is 7.11 Å². The van der Waals surface area contributed by atoms with E-state index in [4.69, 9.17) is 5.73 Å². The number of aromatic hydroxyl groups is 1. The molecule has 94 valence electrons. The number of halogens is 1. The summed E-state index contributed by atoms with van der Waals surface area (Å²) in [6, 6.07) is 2.94. The van der Waals surface area contributed by atoms with Gasteiger partial charge in [0.15, 0.2) is 0 Å². The fourth-order valence-electron chi connectivity index (χ4n) is 1.55. The number of phenols is 1. The van der Waals surface area contributed by atoms with Gasteiger partial charge in [-0.05, 0) is 39.5 Å². The number of carbonyl (C=O) groups is 1. The first-order valence-corrected chi connectivity index (χ1v) is 6.12. The molecule has 5 heteroatoms. The zero-order valence-corrected chi connectivity index (χ0v) is 11.5. The summed E-state index contributed by atoms with van der Waals surface area (Å²) in [5.74, 6) is -0.357. The van der Waals surface area contributed by atoms with Crippen molar-refractivity contribution < 1.29 is 14.6 Å². The maximum atomic E-state index is 11.2. The lowest BCUT2D eigenvalue weighted by Crippen LogP contribution is -2.33. The van der Waals surface area contributed by atoms with Gasteiger partial charge in [-0.25, -0.2) is 0 Å². The maximum Gasteiger partial charge on any atom is 0.322 e. The third-order valence-corrected chi connectivity index (χ3v) is 3.16. The molecule has 0 aromatic heterocycles. The van der Waals surface area contributed by atoms with Gasteiger partial charge in [-0.3, -0.25) is 4.79 Å². The van der Waals surface area contributed by atoms with Crippen molar-refractivity contribution in [1.29, 1.82) is 0 Å². The van der Waals surface area contributed by atoms with Gasteiger partial charge in [0.1, 0.15) is 11.8 Å². The molecule has 0 radical (unpaired) electrons. The van der Waals surface area contributed by atoms with E-state index in [0.717, 1.165) is 12.0 Å². The minimum absolute atomic E-state index is 0.126. The van der Waals surface area contributed by atoms with E-state index in [1.807, 2.05) is 19.1 Å². The highest BCUT2D eigenvalue weighted by atomic mass is 79.9. The molecule has 3 N–H and O–H groups in total. The van der Waals surface area contributed by atoms with Gasteiger partial charge in [0.05, 0.1) is 11.6 Å². The van der Waals surface area contributed by atoms with Gasteiger partial charge in [0.2, 0.25) is 0 Å². The zero-order valence-electron chi connectivity index (χ0n) is 9.87. The Labute approximate surface area is 109 Å². The summed E-state index contributed by atoms with van der Waals surface area (Å²) in [7, 11) is 1.29. The highest BCUT2D eigenvalue weighted by molar-refractivity contribution is 9.10. The summed E-state index contributed by atoms with van der Waals surface area (Å²) in [5.41, 5.74) is 7.39. The average molecular weight is 302 g/mol. The van der Waals surface area contributed by atoms with Crippen molar-refractivity contribution in [3.8, 4) is 5.75 Å². The molecule has 0 spiro atoms. The van der Waals surface area contributed by atoms with Crippen LogP contribution in [0.4, 0.5) is 0 Å². The number of rotatable bonds is 4. The van der Waals surface area contributed by atoms with Gasteiger partial charge < -0.3 is 15.6 Å². The van der Waals surface area contributed by atoms with Crippen LogP contribution in [0, 0.1) is 0 Å². The molecule has 0 fully saturated rings. The van der Waals surface area contributed by atoms with Crippen LogP contribution < -0.4 is 5.73 Å². The van der Waals surface area contributed by atoms with Crippen molar-refractivity contribution in [2.45, 2.75) is 25.8 Å². The van der Waals surface area contributed by atoms with Crippen LogP contribution in [-0.2, 0) is 22.4 Å². The van der Waals surface area contributed by atoms with E-state index in [2.05, 4.69) is 20.7 Å². The molecule has 0 amide bonds. The predicted molar refractivity (Wildman–Crippen MR) is 68.9 cm³/mol. The number of phenolic OH excluding ortho intramolecular Hbond substituents is 1. The third-order valence-electron chi connectivity index (χ3n) is 2.55. The molecule has 0 heterocycles. The average Bonchev–Trinajstić information content (AvgIpc) is 2.33. The topological polar surface area (TPSA) is 72.5 Å². The van der Waals surface area contributed by atoms with Crippen molar-refractivity contribution in [3.63, 3.8) is 0 Å². The van der Waals surface area contributed by atoms with Crippen LogP contribution in [0.2, 0.25) is 0 Å². The summed E-state index contributed by atoms with van der Waals surface area (Å²) < 4.78 is 5.17. The van der Waals surface area contributed by atoms with Crippen molar-refractivity contribution >= 4 is 21.9 Å². The standard InChI is InChI=1S/C12H16BrNO3/c1-3-7-4-8(11(15)9(13)5-7)6-10(14)12(16)17-2/h4-5,10,15H,3,6,14H2,1-2H3. The lowest BCUT2D eigenvalue weighted by atomic mass is 10.0. The number of benzene rings is 1. The highest BCUT2D eigenvalue weighted by Gasteiger charge is 2.17. The Kier molecular flexibility index (Phi) is 4.96. The Balaban J connectivity index is 2.97. The molecule has 0 saturated carbocycles. The molecule has 0 saturated heterocycles. The van der Waals surface area contributed by atoms with E-state index >= 15 is 0 Å². The van der Waals surface area contributed by atoms with Gasteiger partial charge in [-0.2, -0.15) is 0 Å². The number of esters is 1. The van der Waals surface area contributed by atoms with E-state index in [1.165, 1.54) is 7.11 Å². The van der Waals surface area contributed by atoms with Gasteiger partial charge in [0, 0.05) is 6.42 Å². The molecule has 0 aliphatic heterocycles. The van der Waals surface area contributed by atoms with Crippen LogP contribution in [0.3, 0.4) is 0 Å². The van der Waals surface area contributed by atoms with E-state index in [1.54, 1.807) is 0 Å². The first-order chi connectivity index (χ1) is 7.99. The lowest BCUT2D eigenvalue weighted by molar-refractivity contribution is -0.142. The van der Waals surface area contributed by atoms with E-state index in [9.17, 15) is 9.90 Å². The first kappa shape index (κ1) is 14.0. The van der Waals surface area contributed by atoms with E-state index < -0.39 is 12.0 Å². The molecule has 17 heavy (non-hydrogen) atoms. The Morgan fingerprint density at radius 2 is 2.24 bits per heavy atom. The molecule has 4 nitrogen and oxygen atoms in total. The number of carbonyl (C=O) groups excluding carboxylic acids is 1. The molecular weight excluding hydrogens is 286 g/mol. The molecule has 1 atom stereocenters. The van der Waals surface area contributed by atoms with Crippen LogP contribution >= 0.6 is 15.9 Å². The van der Waals surface area contributed by atoms with Gasteiger partial charge in [0.25, 0.3) is 0 Å². The quantitative estimate of drug-likeness (QED) is 0.831. The van der Waals surface area contributed by atoms with E-state index in [-0.39, 0.29) is 12.2 Å². The van der Waals surface area contributed by atoms with E-state index in [0.29, 0.717) is 10.0 Å². The Morgan fingerprint density at radius 1 is 1.59 bits per heavy atom. The van der Waals surface area contributed by atoms with Crippen LogP contribution in [-0.4, -0.2) is 24.2 Å². The first-order valence-electron chi connectivity index (χ1n) is 5.33. The molecule has 0 aliphatic rings. The molecule has 1 aromatic rings. The Morgan fingerprint density at radius 3 is 2.76 bits per heavy atom. The lowest BCUT2D eigenvalue weighted by Gasteiger charge is -2.12. The number of methoxy groups -OCH3 is 1. The van der Waals surface area contributed by atoms with Crippen LogP contribution in [0.1, 0.15) is 18.1 Å². The number of hydrogen-bond donors (Lipinski definition) is 2. The number of nitrogens with two attached hydrogens (primary N) is 1. The molecule has 1 rings (SSSR count). The number of aryl methyl sites for hydroxylation is 1. The second kappa shape index (κ2) is 6.02. The summed E-state index contributed by atoms with van der Waals surface area (Å²) >= 11 is 3.27. The molecular formula is C12H16BrNO3. The molecule has 1 aromatic carbocycles. The van der Waals surface area contributed by atoms with Crippen molar-refractivity contribution in [1.82, 2.24) is 0 Å². The van der Waals surface area contributed by atoms with Gasteiger partial charge in [-0.15, -0.1) is 0 Å². The molecule has 0 bridgehead atoms. The van der Waals surface area contributed by atoms with Gasteiger partial charge >= 0.3 is 5.97 Å². The smallest absolute Gasteiger partial charge is 0.322 e. The Bertz CT molecular complexity index is 420. The van der Waals surface area contributed by atoms with Gasteiger partial charge in [-0.1, -0.05) is 13.0 Å². The van der Waals surface area contributed by atoms with Crippen LogP contribution in [0.15, 0.2) is 16.6 Å². The number of ether oxygens (including phenoxy) is 1. The monoisotopic (exact) mass is 301 g/mol. The second-order valence-electron chi connectivity index (χ2n) is 3.77. The molecule has 1 unspecified atom stereocenters. The minimum atomic E-state index is -0.759. The summed E-state index contributed by atoms with van der Waals surface area (Å²) in [4.78, 5) is 11.2. The summed E-state index contributed by atoms with van der Waals surface area (Å²) in [6.45, 7) is 2.02. The second-order valence-corrected chi connectivity index (χ2v) is 4.63. The maximum absolute atomic E-state index is 11.2. The fraction of sp³-hybridized carbons (Fsp3) is 0.417. The predicted octanol–water partition coefficient (Wildman–Crippen LogP) is 1.76. The minimum Gasteiger partial charge on any atom is -0.506 e. The third kappa shape index (κ3) is 3.44. The van der Waals surface area contributed by atoms with Crippen molar-refractivity contribution in [3.05, 3.63) is 27.7 Å². The van der Waals surface area contributed by atoms with Crippen LogP contribution in [0.5, 0.6) is 5.75 Å². The fourth-order valence-corrected chi connectivity index (χ4v) is 2.10. The number of hydrogen-bond acceptors (Lipinski definition) is 4. The van der Waals surface area contributed by atoms with Crippen molar-refractivity contribution in [2.24, 2.45) is 5.73 Å². The zero-order chi connectivity index (χ0) is 13.0. The SMILES string of the molecule is CCc1cc(Br)c(O)c(CC(N)C(=O)OC)c1. The summed E-state index contributed by atoms with van der Waals surface area (Å²) in [6.07, 6.45) is 1.10. The molecule has 0 aliphatic carbocycles. The van der Waals surface area contributed by atoms with Crippen LogP contribution in [0.25, 0.3) is 0 Å². The normalized spacial score (nSPS) is 12.2.